The molecule has 0 unspecified atom stereocenters. The highest BCUT2D eigenvalue weighted by atomic mass is 79.9. The molecule has 0 bridgehead atoms. The van der Waals surface area contributed by atoms with Crippen molar-refractivity contribution >= 4 is 27.6 Å². The Morgan fingerprint density at radius 2 is 2.33 bits per heavy atom. The van der Waals surface area contributed by atoms with Crippen LogP contribution >= 0.6 is 15.9 Å². The number of hydrogen-bond acceptors (Lipinski definition) is 3. The summed E-state index contributed by atoms with van der Waals surface area (Å²) in [5.41, 5.74) is 0.662. The van der Waals surface area contributed by atoms with Crippen LogP contribution in [0.4, 0.5) is 10.5 Å². The third-order valence-corrected chi connectivity index (χ3v) is 2.71. The van der Waals surface area contributed by atoms with Crippen LogP contribution in [-0.4, -0.2) is 23.0 Å². The van der Waals surface area contributed by atoms with Crippen LogP contribution in [0.2, 0.25) is 0 Å². The van der Waals surface area contributed by atoms with Crippen molar-refractivity contribution < 1.29 is 9.21 Å². The van der Waals surface area contributed by atoms with Crippen LogP contribution in [0, 0.1) is 0 Å². The number of carbonyl (C=O) groups excluding carboxylic acids is 1. The highest BCUT2D eigenvalue weighted by Gasteiger charge is 2.11. The van der Waals surface area contributed by atoms with E-state index in [2.05, 4.69) is 26.2 Å². The summed E-state index contributed by atoms with van der Waals surface area (Å²) in [6.45, 7) is 0.400. The number of furan rings is 1. The largest absolute Gasteiger partial charge is 0.452 e. The number of aromatic nitrogens is 1. The van der Waals surface area contributed by atoms with Gasteiger partial charge in [0.25, 0.3) is 0 Å². The Balaban J connectivity index is 1.93. The Kier molecular flexibility index (Phi) is 3.99. The van der Waals surface area contributed by atoms with Crippen LogP contribution in [0.1, 0.15) is 5.76 Å². The van der Waals surface area contributed by atoms with E-state index in [-0.39, 0.29) is 6.03 Å². The summed E-state index contributed by atoms with van der Waals surface area (Å²) in [4.78, 5) is 17.3. The third-order valence-electron chi connectivity index (χ3n) is 2.28. The number of nitrogens with one attached hydrogen (secondary N) is 1. The predicted molar refractivity (Wildman–Crippen MR) is 71.1 cm³/mol. The Hall–Kier alpha value is -1.82. The molecule has 0 aliphatic heterocycles. The lowest BCUT2D eigenvalue weighted by Crippen LogP contribution is -2.30. The molecule has 0 saturated carbocycles. The first-order valence-electron chi connectivity index (χ1n) is 5.31. The lowest BCUT2D eigenvalue weighted by atomic mass is 10.4. The standard InChI is InChI=1S/C12H12BrN3O2/c1-16(8-10-4-5-11(13)18-10)12(17)15-9-3-2-6-14-7-9/h2-7H,8H2,1H3,(H,15,17). The van der Waals surface area contributed by atoms with Gasteiger partial charge in [0.05, 0.1) is 18.4 Å². The van der Waals surface area contributed by atoms with E-state index >= 15 is 0 Å². The monoisotopic (exact) mass is 309 g/mol. The van der Waals surface area contributed by atoms with E-state index in [1.807, 2.05) is 6.07 Å². The SMILES string of the molecule is CN(Cc1ccc(Br)o1)C(=O)Nc1cccnc1. The Morgan fingerprint density at radius 1 is 1.50 bits per heavy atom. The van der Waals surface area contributed by atoms with Crippen LogP contribution < -0.4 is 5.32 Å². The maximum Gasteiger partial charge on any atom is 0.322 e. The van der Waals surface area contributed by atoms with Crippen LogP contribution in [-0.2, 0) is 6.54 Å². The summed E-state index contributed by atoms with van der Waals surface area (Å²) in [6, 6.07) is 6.94. The second-order valence-corrected chi connectivity index (χ2v) is 4.52. The van der Waals surface area contributed by atoms with Crippen molar-refractivity contribution in [1.82, 2.24) is 9.88 Å². The molecule has 0 aliphatic rings. The molecule has 1 N–H and O–H groups in total. The van der Waals surface area contributed by atoms with Gasteiger partial charge >= 0.3 is 6.03 Å². The molecular weight excluding hydrogens is 298 g/mol. The number of carbonyl (C=O) groups is 1. The van der Waals surface area contributed by atoms with Crippen molar-refractivity contribution in [1.29, 1.82) is 0 Å². The van der Waals surface area contributed by atoms with Gasteiger partial charge in [0.1, 0.15) is 5.76 Å². The molecular formula is C12H12BrN3O2. The van der Waals surface area contributed by atoms with Crippen molar-refractivity contribution in [2.75, 3.05) is 12.4 Å². The van der Waals surface area contributed by atoms with Crippen molar-refractivity contribution in [2.24, 2.45) is 0 Å². The van der Waals surface area contributed by atoms with Gasteiger partial charge in [-0.05, 0) is 40.2 Å². The molecule has 94 valence electrons. The smallest absolute Gasteiger partial charge is 0.322 e. The number of urea groups is 1. The normalized spacial score (nSPS) is 10.1. The van der Waals surface area contributed by atoms with Gasteiger partial charge in [-0.25, -0.2) is 4.79 Å². The van der Waals surface area contributed by atoms with E-state index in [0.29, 0.717) is 22.7 Å². The molecule has 18 heavy (non-hydrogen) atoms. The van der Waals surface area contributed by atoms with Crippen molar-refractivity contribution in [3.63, 3.8) is 0 Å². The first-order valence-corrected chi connectivity index (χ1v) is 6.11. The molecule has 5 nitrogen and oxygen atoms in total. The summed E-state index contributed by atoms with van der Waals surface area (Å²) in [5.74, 6) is 0.714. The number of anilines is 1. The van der Waals surface area contributed by atoms with Gasteiger partial charge in [0.2, 0.25) is 0 Å². The van der Waals surface area contributed by atoms with Gasteiger partial charge in [-0.1, -0.05) is 0 Å². The maximum atomic E-state index is 11.9. The maximum absolute atomic E-state index is 11.9. The minimum atomic E-state index is -0.212. The minimum Gasteiger partial charge on any atom is -0.452 e. The fourth-order valence-corrected chi connectivity index (χ4v) is 1.74. The lowest BCUT2D eigenvalue weighted by Gasteiger charge is -2.16. The first-order chi connectivity index (χ1) is 8.65. The molecule has 0 aromatic carbocycles. The zero-order valence-electron chi connectivity index (χ0n) is 9.76. The van der Waals surface area contributed by atoms with Gasteiger partial charge in [0, 0.05) is 13.2 Å². The van der Waals surface area contributed by atoms with Gasteiger partial charge in [-0.3, -0.25) is 4.98 Å². The molecule has 0 saturated heterocycles. The van der Waals surface area contributed by atoms with Gasteiger partial charge in [-0.2, -0.15) is 0 Å². The second kappa shape index (κ2) is 5.68. The lowest BCUT2D eigenvalue weighted by molar-refractivity contribution is 0.216. The molecule has 2 aromatic heterocycles. The van der Waals surface area contributed by atoms with Crippen LogP contribution in [0.25, 0.3) is 0 Å². The van der Waals surface area contributed by atoms with E-state index in [1.165, 1.54) is 4.90 Å². The summed E-state index contributed by atoms with van der Waals surface area (Å²) < 4.78 is 5.99. The van der Waals surface area contributed by atoms with E-state index in [1.54, 1.807) is 37.6 Å². The Labute approximate surface area is 113 Å². The molecule has 0 atom stereocenters. The highest BCUT2D eigenvalue weighted by molar-refractivity contribution is 9.10. The molecule has 2 amide bonds. The molecule has 2 rings (SSSR count). The van der Waals surface area contributed by atoms with Gasteiger partial charge in [-0.15, -0.1) is 0 Å². The Morgan fingerprint density at radius 3 is 2.94 bits per heavy atom. The van der Waals surface area contributed by atoms with E-state index in [9.17, 15) is 4.79 Å². The second-order valence-electron chi connectivity index (χ2n) is 3.73. The van der Waals surface area contributed by atoms with Crippen molar-refractivity contribution in [2.45, 2.75) is 6.54 Å². The van der Waals surface area contributed by atoms with E-state index in [0.717, 1.165) is 0 Å². The number of amides is 2. The van der Waals surface area contributed by atoms with Crippen LogP contribution in [0.15, 0.2) is 45.7 Å². The van der Waals surface area contributed by atoms with Crippen LogP contribution in [0.3, 0.4) is 0 Å². The topological polar surface area (TPSA) is 58.4 Å². The average molecular weight is 310 g/mol. The fraction of sp³-hybridized carbons (Fsp3) is 0.167. The quantitative estimate of drug-likeness (QED) is 0.947. The van der Waals surface area contributed by atoms with E-state index in [4.69, 9.17) is 4.42 Å². The molecule has 6 heteroatoms. The highest BCUT2D eigenvalue weighted by Crippen LogP contribution is 2.15. The molecule has 0 radical (unpaired) electrons. The third kappa shape index (κ3) is 3.33. The number of hydrogen-bond donors (Lipinski definition) is 1. The number of nitrogens with zero attached hydrogens (tertiary/aromatic N) is 2. The minimum absolute atomic E-state index is 0.212. The number of halogens is 1. The molecule has 2 heterocycles. The van der Waals surface area contributed by atoms with Crippen molar-refractivity contribution in [3.8, 4) is 0 Å². The summed E-state index contributed by atoms with van der Waals surface area (Å²) in [7, 11) is 1.70. The number of rotatable bonds is 3. The molecule has 0 aliphatic carbocycles. The van der Waals surface area contributed by atoms with E-state index < -0.39 is 0 Å². The fourth-order valence-electron chi connectivity index (χ4n) is 1.40. The van der Waals surface area contributed by atoms with Gasteiger partial charge < -0.3 is 14.6 Å². The number of pyridine rings is 1. The Bertz CT molecular complexity index is 527. The molecule has 0 spiro atoms. The predicted octanol–water partition coefficient (Wildman–Crippen LogP) is 3.10. The average Bonchev–Trinajstić information content (AvgIpc) is 2.76. The summed E-state index contributed by atoms with van der Waals surface area (Å²) in [6.07, 6.45) is 3.25. The zero-order valence-corrected chi connectivity index (χ0v) is 11.3. The molecule has 0 fully saturated rings. The zero-order chi connectivity index (χ0) is 13.0. The van der Waals surface area contributed by atoms with Crippen molar-refractivity contribution in [3.05, 3.63) is 47.1 Å². The first kappa shape index (κ1) is 12.6. The van der Waals surface area contributed by atoms with Gasteiger partial charge in [0.15, 0.2) is 4.67 Å². The summed E-state index contributed by atoms with van der Waals surface area (Å²) >= 11 is 3.22. The summed E-state index contributed by atoms with van der Waals surface area (Å²) in [5, 5.41) is 2.74. The molecule has 2 aromatic rings. The van der Waals surface area contributed by atoms with Crippen LogP contribution in [0.5, 0.6) is 0 Å².